The Labute approximate surface area is 126 Å². The highest BCUT2D eigenvalue weighted by Gasteiger charge is 2.30. The Morgan fingerprint density at radius 2 is 1.80 bits per heavy atom. The van der Waals surface area contributed by atoms with Crippen LogP contribution in [0.15, 0.2) is 0 Å². The fourth-order valence-electron chi connectivity index (χ4n) is 4.01. The molecule has 0 aromatic carbocycles. The van der Waals surface area contributed by atoms with Crippen molar-refractivity contribution >= 4 is 0 Å². The van der Waals surface area contributed by atoms with Gasteiger partial charge in [0.05, 0.1) is 0 Å². The fraction of sp³-hybridized carbons (Fsp3) is 1.00. The maximum atomic E-state index is 3.74. The van der Waals surface area contributed by atoms with Gasteiger partial charge < -0.3 is 15.1 Å². The summed E-state index contributed by atoms with van der Waals surface area (Å²) in [7, 11) is 2.39. The highest BCUT2D eigenvalue weighted by molar-refractivity contribution is 4.87. The molecule has 2 atom stereocenters. The van der Waals surface area contributed by atoms with Gasteiger partial charge in [0, 0.05) is 18.1 Å². The molecule has 1 aliphatic heterocycles. The summed E-state index contributed by atoms with van der Waals surface area (Å²) >= 11 is 0. The molecular weight excluding hydrogens is 246 g/mol. The molecule has 1 heterocycles. The lowest BCUT2D eigenvalue weighted by molar-refractivity contribution is 0.0749. The van der Waals surface area contributed by atoms with Gasteiger partial charge in [-0.15, -0.1) is 0 Å². The predicted octanol–water partition coefficient (Wildman–Crippen LogP) is 2.71. The Bertz CT molecular complexity index is 261. The minimum Gasteiger partial charge on any atom is -0.314 e. The zero-order chi connectivity index (χ0) is 14.4. The molecule has 3 nitrogen and oxygen atoms in total. The van der Waals surface area contributed by atoms with E-state index in [1.165, 1.54) is 71.1 Å². The second-order valence-electron chi connectivity index (χ2n) is 6.80. The molecule has 118 valence electrons. The fourth-order valence-corrected chi connectivity index (χ4v) is 4.01. The van der Waals surface area contributed by atoms with Gasteiger partial charge in [0.25, 0.3) is 0 Å². The van der Waals surface area contributed by atoms with Crippen LogP contribution in [0.1, 0.15) is 58.8 Å². The first-order valence-corrected chi connectivity index (χ1v) is 8.92. The number of piperidine rings is 1. The summed E-state index contributed by atoms with van der Waals surface area (Å²) in [6.07, 6.45) is 9.57. The molecular formula is C17H35N3. The largest absolute Gasteiger partial charge is 0.314 e. The zero-order valence-electron chi connectivity index (χ0n) is 13.9. The molecule has 2 unspecified atom stereocenters. The lowest BCUT2D eigenvalue weighted by Gasteiger charge is -2.43. The third kappa shape index (κ3) is 4.44. The van der Waals surface area contributed by atoms with Crippen molar-refractivity contribution in [3.8, 4) is 0 Å². The minimum atomic E-state index is 0.770. The van der Waals surface area contributed by atoms with Crippen molar-refractivity contribution < 1.29 is 0 Å². The monoisotopic (exact) mass is 281 g/mol. The Kier molecular flexibility index (Phi) is 6.79. The van der Waals surface area contributed by atoms with Gasteiger partial charge in [-0.1, -0.05) is 20.3 Å². The second kappa shape index (κ2) is 8.35. The van der Waals surface area contributed by atoms with E-state index in [4.69, 9.17) is 0 Å². The Morgan fingerprint density at radius 3 is 2.45 bits per heavy atom. The van der Waals surface area contributed by atoms with Crippen LogP contribution in [0.5, 0.6) is 0 Å². The Balaban J connectivity index is 1.78. The van der Waals surface area contributed by atoms with Crippen LogP contribution in [-0.4, -0.2) is 61.2 Å². The van der Waals surface area contributed by atoms with E-state index in [-0.39, 0.29) is 0 Å². The van der Waals surface area contributed by atoms with Crippen molar-refractivity contribution in [2.75, 3.05) is 33.2 Å². The molecule has 2 fully saturated rings. The van der Waals surface area contributed by atoms with Crippen LogP contribution in [0.4, 0.5) is 0 Å². The van der Waals surface area contributed by atoms with Gasteiger partial charge in [-0.05, 0) is 71.8 Å². The summed E-state index contributed by atoms with van der Waals surface area (Å²) in [4.78, 5) is 5.32. The van der Waals surface area contributed by atoms with Gasteiger partial charge in [0.15, 0.2) is 0 Å². The van der Waals surface area contributed by atoms with Crippen LogP contribution in [0.3, 0.4) is 0 Å². The number of hydrogen-bond donors (Lipinski definition) is 1. The highest BCUT2D eigenvalue weighted by Crippen LogP contribution is 2.26. The molecule has 0 bridgehead atoms. The number of nitrogens with zero attached hydrogens (tertiary/aromatic N) is 2. The first-order valence-electron chi connectivity index (χ1n) is 8.92. The van der Waals surface area contributed by atoms with Gasteiger partial charge in [0.2, 0.25) is 0 Å². The molecule has 0 radical (unpaired) electrons. The molecule has 1 saturated heterocycles. The molecule has 0 spiro atoms. The van der Waals surface area contributed by atoms with Crippen LogP contribution >= 0.6 is 0 Å². The van der Waals surface area contributed by atoms with Crippen LogP contribution in [-0.2, 0) is 0 Å². The summed E-state index contributed by atoms with van der Waals surface area (Å²) in [6, 6.07) is 2.41. The highest BCUT2D eigenvalue weighted by atomic mass is 15.2. The average molecular weight is 281 g/mol. The van der Waals surface area contributed by atoms with Crippen molar-refractivity contribution in [2.24, 2.45) is 0 Å². The molecule has 0 aromatic rings. The van der Waals surface area contributed by atoms with E-state index < -0.39 is 0 Å². The van der Waals surface area contributed by atoms with E-state index in [0.717, 1.165) is 18.1 Å². The minimum absolute atomic E-state index is 0.770. The lowest BCUT2D eigenvalue weighted by atomic mass is 9.88. The van der Waals surface area contributed by atoms with Crippen molar-refractivity contribution in [1.29, 1.82) is 0 Å². The maximum absolute atomic E-state index is 3.74. The molecule has 3 heteroatoms. The van der Waals surface area contributed by atoms with E-state index in [2.05, 4.69) is 36.0 Å². The van der Waals surface area contributed by atoms with Crippen LogP contribution < -0.4 is 5.32 Å². The van der Waals surface area contributed by atoms with Gasteiger partial charge in [-0.2, -0.15) is 0 Å². The topological polar surface area (TPSA) is 18.5 Å². The summed E-state index contributed by atoms with van der Waals surface area (Å²) in [6.45, 7) is 9.57. The third-order valence-electron chi connectivity index (χ3n) is 5.49. The SMILES string of the molecule is CCCNC1CCCC(N(C)C2CCN(CC)CC2)C1. The van der Waals surface area contributed by atoms with Crippen LogP contribution in [0, 0.1) is 0 Å². The summed E-state index contributed by atoms with van der Waals surface area (Å²) in [5.74, 6) is 0. The quantitative estimate of drug-likeness (QED) is 0.807. The summed E-state index contributed by atoms with van der Waals surface area (Å²) < 4.78 is 0. The number of nitrogens with one attached hydrogen (secondary N) is 1. The molecule has 1 saturated carbocycles. The Hall–Kier alpha value is -0.120. The predicted molar refractivity (Wildman–Crippen MR) is 87.2 cm³/mol. The van der Waals surface area contributed by atoms with Crippen molar-refractivity contribution in [3.05, 3.63) is 0 Å². The normalized spacial score (nSPS) is 30.0. The van der Waals surface area contributed by atoms with Crippen molar-refractivity contribution in [2.45, 2.75) is 76.9 Å². The number of likely N-dealkylation sites (tertiary alicyclic amines) is 1. The maximum Gasteiger partial charge on any atom is 0.0119 e. The van der Waals surface area contributed by atoms with Gasteiger partial charge in [0.1, 0.15) is 0 Å². The van der Waals surface area contributed by atoms with E-state index in [1.54, 1.807) is 0 Å². The molecule has 20 heavy (non-hydrogen) atoms. The first-order chi connectivity index (χ1) is 9.74. The molecule has 2 rings (SSSR count). The Morgan fingerprint density at radius 1 is 1.05 bits per heavy atom. The average Bonchev–Trinajstić information content (AvgIpc) is 2.52. The molecule has 2 aliphatic rings. The smallest absolute Gasteiger partial charge is 0.0119 e. The second-order valence-corrected chi connectivity index (χ2v) is 6.80. The van der Waals surface area contributed by atoms with Crippen LogP contribution in [0.2, 0.25) is 0 Å². The van der Waals surface area contributed by atoms with E-state index in [1.807, 2.05) is 0 Å². The molecule has 0 amide bonds. The molecule has 1 N–H and O–H groups in total. The van der Waals surface area contributed by atoms with E-state index >= 15 is 0 Å². The lowest BCUT2D eigenvalue weighted by Crippen LogP contribution is -2.50. The summed E-state index contributed by atoms with van der Waals surface area (Å²) in [5, 5.41) is 3.74. The zero-order valence-corrected chi connectivity index (χ0v) is 13.9. The number of hydrogen-bond acceptors (Lipinski definition) is 3. The standard InChI is InChI=1S/C17H35N3/c1-4-11-18-15-7-6-8-17(14-15)19(3)16-9-12-20(5-2)13-10-16/h15-18H,4-14H2,1-3H3. The van der Waals surface area contributed by atoms with E-state index in [0.29, 0.717) is 0 Å². The van der Waals surface area contributed by atoms with Gasteiger partial charge >= 0.3 is 0 Å². The molecule has 1 aliphatic carbocycles. The van der Waals surface area contributed by atoms with Gasteiger partial charge in [-0.3, -0.25) is 0 Å². The molecule has 0 aromatic heterocycles. The number of rotatable bonds is 6. The van der Waals surface area contributed by atoms with Gasteiger partial charge in [-0.25, -0.2) is 0 Å². The van der Waals surface area contributed by atoms with E-state index in [9.17, 15) is 0 Å². The van der Waals surface area contributed by atoms with Crippen molar-refractivity contribution in [3.63, 3.8) is 0 Å². The summed E-state index contributed by atoms with van der Waals surface area (Å²) in [5.41, 5.74) is 0. The first kappa shape index (κ1) is 16.3. The van der Waals surface area contributed by atoms with Crippen molar-refractivity contribution in [1.82, 2.24) is 15.1 Å². The third-order valence-corrected chi connectivity index (χ3v) is 5.49. The van der Waals surface area contributed by atoms with Crippen LogP contribution in [0.25, 0.3) is 0 Å².